The number of rotatable bonds is 4. The Balaban J connectivity index is 2.30. The first-order valence-corrected chi connectivity index (χ1v) is 8.83. The smallest absolute Gasteiger partial charge is 0.243 e. The highest BCUT2D eigenvalue weighted by Gasteiger charge is 2.29. The maximum Gasteiger partial charge on any atom is 0.243 e. The molecule has 22 heavy (non-hydrogen) atoms. The Labute approximate surface area is 131 Å². The molecule has 0 bridgehead atoms. The van der Waals surface area contributed by atoms with Crippen molar-refractivity contribution >= 4 is 21.6 Å². The number of amides is 1. The van der Waals surface area contributed by atoms with Crippen molar-refractivity contribution in [3.8, 4) is 0 Å². The molecule has 2 rings (SSSR count). The molecular weight excluding hydrogens is 302 g/mol. The van der Waals surface area contributed by atoms with E-state index in [2.05, 4.69) is 10.6 Å². The Hall–Kier alpha value is -1.44. The number of carbonyl (C=O) groups is 1. The third kappa shape index (κ3) is 3.66. The van der Waals surface area contributed by atoms with Gasteiger partial charge in [-0.3, -0.25) is 4.79 Å². The van der Waals surface area contributed by atoms with E-state index >= 15 is 0 Å². The molecule has 1 amide bonds. The molecule has 122 valence electrons. The minimum absolute atomic E-state index is 0.0109. The molecule has 1 aliphatic heterocycles. The summed E-state index contributed by atoms with van der Waals surface area (Å²) in [5.74, 6) is -0.218. The fourth-order valence-electron chi connectivity index (χ4n) is 2.62. The van der Waals surface area contributed by atoms with Gasteiger partial charge in [0.25, 0.3) is 0 Å². The van der Waals surface area contributed by atoms with Crippen LogP contribution in [-0.2, 0) is 14.8 Å². The fraction of sp³-hybridized carbons (Fsp3) is 0.533. The van der Waals surface area contributed by atoms with Gasteiger partial charge in [-0.25, -0.2) is 8.42 Å². The molecular formula is C15H23N3O3S. The molecule has 2 N–H and O–H groups in total. The van der Waals surface area contributed by atoms with Gasteiger partial charge < -0.3 is 10.6 Å². The highest BCUT2D eigenvalue weighted by Crippen LogP contribution is 2.25. The molecule has 1 aromatic rings. The predicted octanol–water partition coefficient (Wildman–Crippen LogP) is 1.33. The first-order chi connectivity index (χ1) is 10.3. The number of piperidine rings is 1. The second kappa shape index (κ2) is 6.76. The van der Waals surface area contributed by atoms with E-state index in [0.29, 0.717) is 5.69 Å². The van der Waals surface area contributed by atoms with Gasteiger partial charge in [-0.05, 0) is 50.6 Å². The fourth-order valence-corrected chi connectivity index (χ4v) is 4.06. The van der Waals surface area contributed by atoms with Crippen LogP contribution >= 0.6 is 0 Å². The van der Waals surface area contributed by atoms with Crippen LogP contribution in [0.4, 0.5) is 5.69 Å². The van der Waals surface area contributed by atoms with E-state index in [1.807, 2.05) is 6.92 Å². The third-order valence-electron chi connectivity index (χ3n) is 4.02. The van der Waals surface area contributed by atoms with Gasteiger partial charge in [0.15, 0.2) is 0 Å². The number of sulfonamides is 1. The van der Waals surface area contributed by atoms with Crippen LogP contribution in [0.1, 0.15) is 25.3 Å². The van der Waals surface area contributed by atoms with Crippen LogP contribution in [0.5, 0.6) is 0 Å². The summed E-state index contributed by atoms with van der Waals surface area (Å²) in [4.78, 5) is 11.4. The van der Waals surface area contributed by atoms with Crippen LogP contribution in [0.15, 0.2) is 23.1 Å². The average molecular weight is 325 g/mol. The van der Waals surface area contributed by atoms with Crippen molar-refractivity contribution in [1.82, 2.24) is 9.62 Å². The molecule has 0 spiro atoms. The van der Waals surface area contributed by atoms with Crippen LogP contribution in [0, 0.1) is 6.92 Å². The molecule has 0 saturated carbocycles. The lowest BCUT2D eigenvalue weighted by molar-refractivity contribution is -0.114. The summed E-state index contributed by atoms with van der Waals surface area (Å²) in [7, 11) is -1.93. The van der Waals surface area contributed by atoms with E-state index in [0.717, 1.165) is 31.5 Å². The molecule has 0 aliphatic carbocycles. The van der Waals surface area contributed by atoms with E-state index in [1.54, 1.807) is 19.2 Å². The number of benzene rings is 1. The first-order valence-electron chi connectivity index (χ1n) is 7.39. The molecule has 0 radical (unpaired) electrons. The summed E-state index contributed by atoms with van der Waals surface area (Å²) in [6.45, 7) is 4.89. The Morgan fingerprint density at radius 1 is 1.32 bits per heavy atom. The average Bonchev–Trinajstić information content (AvgIpc) is 2.49. The number of nitrogens with zero attached hydrogens (tertiary/aromatic N) is 1. The summed E-state index contributed by atoms with van der Waals surface area (Å²) in [6, 6.07) is 4.85. The molecule has 6 nitrogen and oxygen atoms in total. The Bertz CT molecular complexity index is 652. The highest BCUT2D eigenvalue weighted by molar-refractivity contribution is 7.89. The van der Waals surface area contributed by atoms with Crippen LogP contribution in [-0.4, -0.2) is 44.8 Å². The Morgan fingerprint density at radius 2 is 1.95 bits per heavy atom. The van der Waals surface area contributed by atoms with Crippen molar-refractivity contribution in [2.75, 3.05) is 25.5 Å². The lowest BCUT2D eigenvalue weighted by Crippen LogP contribution is -2.43. The summed E-state index contributed by atoms with van der Waals surface area (Å²) >= 11 is 0. The molecule has 7 heteroatoms. The second-order valence-corrected chi connectivity index (χ2v) is 7.66. The zero-order valence-electron chi connectivity index (χ0n) is 13.2. The van der Waals surface area contributed by atoms with Crippen LogP contribution in [0.25, 0.3) is 0 Å². The zero-order valence-corrected chi connectivity index (χ0v) is 14.0. The van der Waals surface area contributed by atoms with Gasteiger partial charge in [-0.2, -0.15) is 4.31 Å². The van der Waals surface area contributed by atoms with Gasteiger partial charge >= 0.3 is 0 Å². The van der Waals surface area contributed by atoms with Crippen LogP contribution < -0.4 is 10.6 Å². The van der Waals surface area contributed by atoms with E-state index in [4.69, 9.17) is 0 Å². The lowest BCUT2D eigenvalue weighted by atomic mass is 10.1. The zero-order chi connectivity index (χ0) is 16.3. The quantitative estimate of drug-likeness (QED) is 0.875. The van der Waals surface area contributed by atoms with E-state index < -0.39 is 10.0 Å². The summed E-state index contributed by atoms with van der Waals surface area (Å²) in [5, 5.41) is 5.90. The molecule has 1 saturated heterocycles. The van der Waals surface area contributed by atoms with Crippen molar-refractivity contribution in [3.05, 3.63) is 23.8 Å². The van der Waals surface area contributed by atoms with Crippen molar-refractivity contribution in [2.45, 2.75) is 37.6 Å². The number of hydrogen-bond donors (Lipinski definition) is 2. The Kier molecular flexibility index (Phi) is 5.20. The van der Waals surface area contributed by atoms with Crippen molar-refractivity contribution < 1.29 is 13.2 Å². The number of carbonyl (C=O) groups excluding carboxylic acids is 1. The van der Waals surface area contributed by atoms with Crippen LogP contribution in [0.2, 0.25) is 0 Å². The maximum atomic E-state index is 12.8. The topological polar surface area (TPSA) is 78.5 Å². The largest absolute Gasteiger partial charge is 0.326 e. The number of hydrogen-bond acceptors (Lipinski definition) is 4. The van der Waals surface area contributed by atoms with Gasteiger partial charge in [0.1, 0.15) is 0 Å². The molecule has 1 heterocycles. The number of aryl methyl sites for hydroxylation is 1. The third-order valence-corrected chi connectivity index (χ3v) is 5.93. The lowest BCUT2D eigenvalue weighted by Gasteiger charge is -2.31. The van der Waals surface area contributed by atoms with Crippen LogP contribution in [0.3, 0.4) is 0 Å². The summed E-state index contributed by atoms with van der Waals surface area (Å²) in [5.41, 5.74) is 1.37. The molecule has 1 fully saturated rings. The minimum Gasteiger partial charge on any atom is -0.326 e. The Morgan fingerprint density at radius 3 is 2.55 bits per heavy atom. The normalized spacial score (nSPS) is 16.7. The maximum absolute atomic E-state index is 12.8. The van der Waals surface area contributed by atoms with E-state index in [-0.39, 0.29) is 16.8 Å². The predicted molar refractivity (Wildman–Crippen MR) is 86.3 cm³/mol. The van der Waals surface area contributed by atoms with Gasteiger partial charge in [0.2, 0.25) is 15.9 Å². The molecule has 0 atom stereocenters. The van der Waals surface area contributed by atoms with Gasteiger partial charge in [-0.1, -0.05) is 6.07 Å². The summed E-state index contributed by atoms with van der Waals surface area (Å²) < 4.78 is 27.0. The minimum atomic E-state index is -3.56. The standard InChI is InChI=1S/C15H23N3O3S/c1-11-4-5-14(10-15(11)17-12(2)19)22(20,21)18(3)13-6-8-16-9-7-13/h4-5,10,13,16H,6-9H2,1-3H3,(H,17,19). The first kappa shape index (κ1) is 16.9. The van der Waals surface area contributed by atoms with Gasteiger partial charge in [0, 0.05) is 25.7 Å². The molecule has 1 aromatic carbocycles. The van der Waals surface area contributed by atoms with Crippen molar-refractivity contribution in [1.29, 1.82) is 0 Å². The van der Waals surface area contributed by atoms with E-state index in [1.165, 1.54) is 17.3 Å². The molecule has 0 unspecified atom stereocenters. The van der Waals surface area contributed by atoms with Gasteiger partial charge in [0.05, 0.1) is 4.90 Å². The van der Waals surface area contributed by atoms with Gasteiger partial charge in [-0.15, -0.1) is 0 Å². The SMILES string of the molecule is CC(=O)Nc1cc(S(=O)(=O)N(C)C2CCNCC2)ccc1C. The van der Waals surface area contributed by atoms with Crippen molar-refractivity contribution in [3.63, 3.8) is 0 Å². The molecule has 0 aromatic heterocycles. The van der Waals surface area contributed by atoms with E-state index in [9.17, 15) is 13.2 Å². The summed E-state index contributed by atoms with van der Waals surface area (Å²) in [6.07, 6.45) is 1.61. The monoisotopic (exact) mass is 325 g/mol. The highest BCUT2D eigenvalue weighted by atomic mass is 32.2. The van der Waals surface area contributed by atoms with Crippen molar-refractivity contribution in [2.24, 2.45) is 0 Å². The number of anilines is 1. The second-order valence-electron chi connectivity index (χ2n) is 5.66. The molecule has 1 aliphatic rings. The number of nitrogens with one attached hydrogen (secondary N) is 2.